The maximum absolute atomic E-state index is 12.3. The van der Waals surface area contributed by atoms with Gasteiger partial charge < -0.3 is 10.6 Å². The summed E-state index contributed by atoms with van der Waals surface area (Å²) in [6.07, 6.45) is 4.27. The van der Waals surface area contributed by atoms with Crippen LogP contribution in [0.3, 0.4) is 0 Å². The molecule has 2 rings (SSSR count). The van der Waals surface area contributed by atoms with E-state index < -0.39 is 0 Å². The summed E-state index contributed by atoms with van der Waals surface area (Å²) < 4.78 is 0. The van der Waals surface area contributed by atoms with Crippen LogP contribution in [0.2, 0.25) is 0 Å². The van der Waals surface area contributed by atoms with E-state index in [-0.39, 0.29) is 17.2 Å². The van der Waals surface area contributed by atoms with Gasteiger partial charge >= 0.3 is 0 Å². The van der Waals surface area contributed by atoms with Crippen molar-refractivity contribution in [1.29, 1.82) is 0 Å². The normalized spacial score (nSPS) is 15.9. The Morgan fingerprint density at radius 3 is 2.29 bits per heavy atom. The number of benzene rings is 1. The first kappa shape index (κ1) is 15.5. The predicted molar refractivity (Wildman–Crippen MR) is 84.2 cm³/mol. The number of carbonyl (C=O) groups is 2. The van der Waals surface area contributed by atoms with Gasteiger partial charge in [0.1, 0.15) is 0 Å². The molecule has 0 radical (unpaired) electrons. The van der Waals surface area contributed by atoms with Gasteiger partial charge in [0, 0.05) is 18.7 Å². The highest BCUT2D eigenvalue weighted by molar-refractivity contribution is 5.91. The zero-order chi connectivity index (χ0) is 15.3. The molecule has 0 spiro atoms. The molecule has 114 valence electrons. The van der Waals surface area contributed by atoms with Gasteiger partial charge in [-0.25, -0.2) is 0 Å². The van der Waals surface area contributed by atoms with Crippen molar-refractivity contribution in [2.24, 2.45) is 0 Å². The van der Waals surface area contributed by atoms with Crippen LogP contribution in [0.5, 0.6) is 0 Å². The van der Waals surface area contributed by atoms with Crippen LogP contribution in [-0.4, -0.2) is 18.4 Å². The number of rotatable bonds is 6. The van der Waals surface area contributed by atoms with Crippen LogP contribution in [0.4, 0.5) is 5.69 Å². The third-order valence-corrected chi connectivity index (χ3v) is 4.18. The lowest BCUT2D eigenvalue weighted by atomic mass is 9.64. The molecule has 2 N–H and O–H groups in total. The number of likely N-dealkylation sites (N-methyl/N-ethyl adjacent to an activating group) is 1. The van der Waals surface area contributed by atoms with Gasteiger partial charge in [-0.05, 0) is 43.9 Å². The highest BCUT2D eigenvalue weighted by Crippen LogP contribution is 2.44. The van der Waals surface area contributed by atoms with Gasteiger partial charge in [-0.3, -0.25) is 9.59 Å². The lowest BCUT2D eigenvalue weighted by molar-refractivity contribution is -0.129. The fourth-order valence-corrected chi connectivity index (χ4v) is 2.83. The van der Waals surface area contributed by atoms with Crippen LogP contribution in [0.1, 0.15) is 51.5 Å². The molecule has 0 aliphatic heterocycles. The highest BCUT2D eigenvalue weighted by Gasteiger charge is 2.45. The predicted octanol–water partition coefficient (Wildman–Crippen LogP) is 2.98. The topological polar surface area (TPSA) is 58.2 Å². The van der Waals surface area contributed by atoms with Crippen molar-refractivity contribution in [3.05, 3.63) is 29.8 Å². The lowest BCUT2D eigenvalue weighted by Gasteiger charge is -2.40. The molecule has 1 fully saturated rings. The Hall–Kier alpha value is -1.84. The molecule has 2 amide bonds. The van der Waals surface area contributed by atoms with E-state index in [1.807, 2.05) is 38.1 Å². The second kappa shape index (κ2) is 6.74. The van der Waals surface area contributed by atoms with Gasteiger partial charge in [-0.2, -0.15) is 0 Å². The standard InChI is InChI=1S/C17H24N2O2/c1-3-6-15(20)19-14-9-7-13(8-10-14)17(11-5-12-17)16(21)18-4-2/h7-10H,3-6,11-12H2,1-2H3,(H,18,21)(H,19,20). The van der Waals surface area contributed by atoms with E-state index in [1.165, 1.54) is 0 Å². The van der Waals surface area contributed by atoms with Crippen molar-refractivity contribution in [2.75, 3.05) is 11.9 Å². The quantitative estimate of drug-likeness (QED) is 0.845. The van der Waals surface area contributed by atoms with Crippen LogP contribution in [0.15, 0.2) is 24.3 Å². The zero-order valence-electron chi connectivity index (χ0n) is 12.9. The molecule has 1 aliphatic carbocycles. The summed E-state index contributed by atoms with van der Waals surface area (Å²) >= 11 is 0. The summed E-state index contributed by atoms with van der Waals surface area (Å²) in [5.41, 5.74) is 1.48. The van der Waals surface area contributed by atoms with E-state index in [4.69, 9.17) is 0 Å². The van der Waals surface area contributed by atoms with E-state index in [9.17, 15) is 9.59 Å². The van der Waals surface area contributed by atoms with Crippen molar-refractivity contribution in [3.63, 3.8) is 0 Å². The summed E-state index contributed by atoms with van der Waals surface area (Å²) in [4.78, 5) is 23.9. The highest BCUT2D eigenvalue weighted by atomic mass is 16.2. The Morgan fingerprint density at radius 2 is 1.81 bits per heavy atom. The lowest BCUT2D eigenvalue weighted by Crippen LogP contribution is -2.49. The van der Waals surface area contributed by atoms with E-state index in [0.29, 0.717) is 13.0 Å². The average Bonchev–Trinajstić information content (AvgIpc) is 2.40. The van der Waals surface area contributed by atoms with E-state index in [0.717, 1.165) is 36.9 Å². The first-order valence-electron chi connectivity index (χ1n) is 7.81. The molecule has 4 nitrogen and oxygen atoms in total. The van der Waals surface area contributed by atoms with Gasteiger partial charge in [0.2, 0.25) is 11.8 Å². The number of carbonyl (C=O) groups excluding carboxylic acids is 2. The minimum Gasteiger partial charge on any atom is -0.356 e. The van der Waals surface area contributed by atoms with Crippen LogP contribution in [0.25, 0.3) is 0 Å². The summed E-state index contributed by atoms with van der Waals surface area (Å²) in [7, 11) is 0. The number of nitrogens with one attached hydrogen (secondary N) is 2. The molecular weight excluding hydrogens is 264 g/mol. The summed E-state index contributed by atoms with van der Waals surface area (Å²) in [5.74, 6) is 0.159. The van der Waals surface area contributed by atoms with Crippen molar-refractivity contribution < 1.29 is 9.59 Å². The third-order valence-electron chi connectivity index (χ3n) is 4.18. The van der Waals surface area contributed by atoms with Crippen LogP contribution in [0, 0.1) is 0 Å². The number of hydrogen-bond donors (Lipinski definition) is 2. The largest absolute Gasteiger partial charge is 0.356 e. The van der Waals surface area contributed by atoms with Gasteiger partial charge in [-0.1, -0.05) is 25.5 Å². The van der Waals surface area contributed by atoms with Gasteiger partial charge in [0.15, 0.2) is 0 Å². The molecular formula is C17H24N2O2. The fraction of sp³-hybridized carbons (Fsp3) is 0.529. The molecule has 1 aliphatic rings. The Bertz CT molecular complexity index is 504. The molecule has 0 bridgehead atoms. The Labute approximate surface area is 126 Å². The Kier molecular flexibility index (Phi) is 4.99. The minimum absolute atomic E-state index is 0.0346. The average molecular weight is 288 g/mol. The zero-order valence-corrected chi connectivity index (χ0v) is 12.9. The van der Waals surface area contributed by atoms with Crippen molar-refractivity contribution in [3.8, 4) is 0 Å². The van der Waals surface area contributed by atoms with Gasteiger partial charge in [-0.15, -0.1) is 0 Å². The van der Waals surface area contributed by atoms with E-state index in [1.54, 1.807) is 0 Å². The Balaban J connectivity index is 2.10. The number of amides is 2. The molecule has 0 saturated heterocycles. The Morgan fingerprint density at radius 1 is 1.14 bits per heavy atom. The van der Waals surface area contributed by atoms with Gasteiger partial charge in [0.05, 0.1) is 5.41 Å². The molecule has 0 aromatic heterocycles. The van der Waals surface area contributed by atoms with E-state index in [2.05, 4.69) is 10.6 Å². The van der Waals surface area contributed by atoms with Crippen molar-refractivity contribution >= 4 is 17.5 Å². The maximum Gasteiger partial charge on any atom is 0.230 e. The fourth-order valence-electron chi connectivity index (χ4n) is 2.83. The summed E-state index contributed by atoms with van der Waals surface area (Å²) in [6, 6.07) is 7.72. The molecule has 0 atom stereocenters. The third kappa shape index (κ3) is 3.26. The summed E-state index contributed by atoms with van der Waals surface area (Å²) in [5, 5.41) is 5.81. The van der Waals surface area contributed by atoms with Crippen LogP contribution < -0.4 is 10.6 Å². The van der Waals surface area contributed by atoms with Crippen molar-refractivity contribution in [2.45, 2.75) is 51.4 Å². The smallest absolute Gasteiger partial charge is 0.230 e. The molecule has 1 aromatic rings. The van der Waals surface area contributed by atoms with E-state index >= 15 is 0 Å². The number of hydrogen-bond acceptors (Lipinski definition) is 2. The second-order valence-corrected chi connectivity index (χ2v) is 5.67. The first-order valence-corrected chi connectivity index (χ1v) is 7.81. The van der Waals surface area contributed by atoms with Crippen LogP contribution >= 0.6 is 0 Å². The molecule has 4 heteroatoms. The molecule has 1 saturated carbocycles. The monoisotopic (exact) mass is 288 g/mol. The molecule has 1 aromatic carbocycles. The van der Waals surface area contributed by atoms with Crippen molar-refractivity contribution in [1.82, 2.24) is 5.32 Å². The SMILES string of the molecule is CCCC(=O)Nc1ccc(C2(C(=O)NCC)CCC2)cc1. The second-order valence-electron chi connectivity index (χ2n) is 5.67. The minimum atomic E-state index is -0.359. The molecule has 0 unspecified atom stereocenters. The first-order chi connectivity index (χ1) is 10.1. The molecule has 21 heavy (non-hydrogen) atoms. The van der Waals surface area contributed by atoms with Gasteiger partial charge in [0.25, 0.3) is 0 Å². The van der Waals surface area contributed by atoms with Crippen LogP contribution in [-0.2, 0) is 15.0 Å². The summed E-state index contributed by atoms with van der Waals surface area (Å²) in [6.45, 7) is 4.58. The number of anilines is 1. The molecule has 0 heterocycles. The maximum atomic E-state index is 12.3.